The first-order valence-electron chi connectivity index (χ1n) is 13.5. The van der Waals surface area contributed by atoms with E-state index in [9.17, 15) is 14.7 Å². The topological polar surface area (TPSA) is 94.1 Å². The van der Waals surface area contributed by atoms with E-state index in [1.54, 1.807) is 0 Å². The molecule has 3 rings (SSSR count). The lowest BCUT2D eigenvalue weighted by Gasteiger charge is -2.22. The first-order valence-corrected chi connectivity index (χ1v) is 13.5. The van der Waals surface area contributed by atoms with Crippen molar-refractivity contribution >= 4 is 12.1 Å². The average molecular weight is 512 g/mol. The van der Waals surface area contributed by atoms with E-state index in [0.717, 1.165) is 47.6 Å². The SMILES string of the molecule is COC(=O)[C@H](Cc1ccc(OCCC2CCCCC2)c(CCCCO)c1)NC(=O)OCc1ccccc1. The highest BCUT2D eigenvalue weighted by Crippen LogP contribution is 2.28. The summed E-state index contributed by atoms with van der Waals surface area (Å²) < 4.78 is 16.4. The fraction of sp³-hybridized carbons (Fsp3) is 0.533. The van der Waals surface area contributed by atoms with E-state index in [4.69, 9.17) is 14.2 Å². The number of rotatable bonds is 14. The Bertz CT molecular complexity index is 958. The lowest BCUT2D eigenvalue weighted by atomic mass is 9.87. The highest BCUT2D eigenvalue weighted by atomic mass is 16.6. The Balaban J connectivity index is 1.62. The summed E-state index contributed by atoms with van der Waals surface area (Å²) in [5.74, 6) is 1.06. The number of carbonyl (C=O) groups excluding carboxylic acids is 2. The third-order valence-corrected chi connectivity index (χ3v) is 6.92. The zero-order chi connectivity index (χ0) is 26.3. The van der Waals surface area contributed by atoms with Gasteiger partial charge in [-0.3, -0.25) is 0 Å². The highest BCUT2D eigenvalue weighted by Gasteiger charge is 2.23. The predicted molar refractivity (Wildman–Crippen MR) is 142 cm³/mol. The maximum Gasteiger partial charge on any atom is 0.408 e. The number of nitrogens with one attached hydrogen (secondary N) is 1. The second-order valence-electron chi connectivity index (χ2n) is 9.75. The summed E-state index contributed by atoms with van der Waals surface area (Å²) in [5, 5.41) is 11.9. The molecule has 0 heterocycles. The van der Waals surface area contributed by atoms with E-state index in [1.165, 1.54) is 39.2 Å². The monoisotopic (exact) mass is 511 g/mol. The van der Waals surface area contributed by atoms with E-state index in [-0.39, 0.29) is 19.6 Å². The number of carbonyl (C=O) groups is 2. The van der Waals surface area contributed by atoms with Gasteiger partial charge in [-0.2, -0.15) is 0 Å². The summed E-state index contributed by atoms with van der Waals surface area (Å²) in [6.07, 6.45) is 9.55. The summed E-state index contributed by atoms with van der Waals surface area (Å²) in [7, 11) is 1.30. The van der Waals surface area contributed by atoms with Crippen molar-refractivity contribution in [2.24, 2.45) is 5.92 Å². The molecular weight excluding hydrogens is 470 g/mol. The normalized spacial score (nSPS) is 14.5. The van der Waals surface area contributed by atoms with Crippen molar-refractivity contribution in [3.05, 3.63) is 65.2 Å². The number of hydrogen-bond acceptors (Lipinski definition) is 6. The van der Waals surface area contributed by atoms with Crippen molar-refractivity contribution in [1.29, 1.82) is 0 Å². The molecule has 1 amide bonds. The van der Waals surface area contributed by atoms with Gasteiger partial charge in [0.05, 0.1) is 13.7 Å². The maximum atomic E-state index is 12.4. The molecule has 0 radical (unpaired) electrons. The van der Waals surface area contributed by atoms with Crippen LogP contribution >= 0.6 is 0 Å². The van der Waals surface area contributed by atoms with Crippen LogP contribution in [0.2, 0.25) is 0 Å². The summed E-state index contributed by atoms with van der Waals surface area (Å²) in [5.41, 5.74) is 2.79. The lowest BCUT2D eigenvalue weighted by molar-refractivity contribution is -0.143. The van der Waals surface area contributed by atoms with Gasteiger partial charge in [0.15, 0.2) is 0 Å². The van der Waals surface area contributed by atoms with Crippen molar-refractivity contribution in [1.82, 2.24) is 5.32 Å². The van der Waals surface area contributed by atoms with Gasteiger partial charge in [-0.25, -0.2) is 9.59 Å². The Morgan fingerprint density at radius 1 is 1.03 bits per heavy atom. The minimum absolute atomic E-state index is 0.114. The molecule has 7 nitrogen and oxygen atoms in total. The molecule has 1 atom stereocenters. The number of aryl methyl sites for hydroxylation is 1. The number of alkyl carbamates (subject to hydrolysis) is 1. The molecule has 0 aromatic heterocycles. The number of aliphatic hydroxyl groups excluding tert-OH is 1. The van der Waals surface area contributed by atoms with Gasteiger partial charge in [0, 0.05) is 13.0 Å². The van der Waals surface area contributed by atoms with Crippen molar-refractivity contribution < 1.29 is 28.9 Å². The predicted octanol–water partition coefficient (Wildman–Crippen LogP) is 5.36. The Morgan fingerprint density at radius 2 is 1.81 bits per heavy atom. The summed E-state index contributed by atoms with van der Waals surface area (Å²) in [6, 6.07) is 14.4. The Hall–Kier alpha value is -3.06. The molecule has 1 saturated carbocycles. The van der Waals surface area contributed by atoms with Crippen molar-refractivity contribution in [2.45, 2.75) is 76.9 Å². The highest BCUT2D eigenvalue weighted by molar-refractivity contribution is 5.81. The van der Waals surface area contributed by atoms with E-state index < -0.39 is 18.1 Å². The average Bonchev–Trinajstić information content (AvgIpc) is 2.93. The molecular formula is C30H41NO6. The Morgan fingerprint density at radius 3 is 2.54 bits per heavy atom. The largest absolute Gasteiger partial charge is 0.493 e. The molecule has 0 spiro atoms. The molecule has 0 bridgehead atoms. The van der Waals surface area contributed by atoms with E-state index in [1.807, 2.05) is 48.5 Å². The number of aliphatic hydroxyl groups is 1. The quantitative estimate of drug-likeness (QED) is 0.262. The van der Waals surface area contributed by atoms with Crippen LogP contribution in [0.15, 0.2) is 48.5 Å². The number of unbranched alkanes of at least 4 members (excludes halogenated alkanes) is 1. The molecule has 2 aromatic rings. The van der Waals surface area contributed by atoms with Crippen molar-refractivity contribution in [3.8, 4) is 5.75 Å². The van der Waals surface area contributed by atoms with Gasteiger partial charge >= 0.3 is 12.1 Å². The molecule has 2 aromatic carbocycles. The van der Waals surface area contributed by atoms with Crippen molar-refractivity contribution in [2.75, 3.05) is 20.3 Å². The van der Waals surface area contributed by atoms with Gasteiger partial charge in [-0.05, 0) is 54.4 Å². The molecule has 1 aliphatic rings. The number of esters is 1. The summed E-state index contributed by atoms with van der Waals surface area (Å²) >= 11 is 0. The number of methoxy groups -OCH3 is 1. The lowest BCUT2D eigenvalue weighted by Crippen LogP contribution is -2.43. The molecule has 0 saturated heterocycles. The van der Waals surface area contributed by atoms with Crippen LogP contribution in [-0.2, 0) is 33.7 Å². The second kappa shape index (κ2) is 15.9. The number of benzene rings is 2. The summed E-state index contributed by atoms with van der Waals surface area (Å²) in [4.78, 5) is 24.8. The molecule has 202 valence electrons. The number of ether oxygens (including phenoxy) is 3. The maximum absolute atomic E-state index is 12.4. The van der Waals surface area contributed by atoms with Gasteiger partial charge in [0.25, 0.3) is 0 Å². The fourth-order valence-corrected chi connectivity index (χ4v) is 4.81. The molecule has 0 aliphatic heterocycles. The molecule has 0 unspecified atom stereocenters. The van der Waals surface area contributed by atoms with Crippen LogP contribution in [-0.4, -0.2) is 43.5 Å². The fourth-order valence-electron chi connectivity index (χ4n) is 4.81. The zero-order valence-electron chi connectivity index (χ0n) is 22.0. The first-order chi connectivity index (χ1) is 18.1. The Labute approximate surface area is 220 Å². The van der Waals surface area contributed by atoms with Gasteiger partial charge in [-0.1, -0.05) is 74.6 Å². The first kappa shape index (κ1) is 28.5. The number of amides is 1. The van der Waals surface area contributed by atoms with E-state index >= 15 is 0 Å². The van der Waals surface area contributed by atoms with Crippen LogP contribution in [0.4, 0.5) is 4.79 Å². The molecule has 7 heteroatoms. The Kier molecular flexibility index (Phi) is 12.3. The molecule has 2 N–H and O–H groups in total. The van der Waals surface area contributed by atoms with Gasteiger partial charge < -0.3 is 24.6 Å². The number of hydrogen-bond donors (Lipinski definition) is 2. The molecule has 1 aliphatic carbocycles. The molecule has 37 heavy (non-hydrogen) atoms. The van der Waals surface area contributed by atoms with Crippen LogP contribution in [0.5, 0.6) is 5.75 Å². The van der Waals surface area contributed by atoms with Crippen LogP contribution < -0.4 is 10.1 Å². The smallest absolute Gasteiger partial charge is 0.408 e. The zero-order valence-corrected chi connectivity index (χ0v) is 22.0. The van der Waals surface area contributed by atoms with Crippen molar-refractivity contribution in [3.63, 3.8) is 0 Å². The van der Waals surface area contributed by atoms with Crippen LogP contribution in [0, 0.1) is 5.92 Å². The standard InChI is InChI=1S/C30H41NO6/c1-35-29(33)27(31-30(34)37-22-24-12-6-3-7-13-24)21-25-15-16-28(26(20-25)14-8-9-18-32)36-19-17-23-10-4-2-5-11-23/h3,6-7,12-13,15-16,20,23,27,32H,2,4-5,8-11,14,17-19,21-22H2,1H3,(H,31,34)/t27-/m0/s1. The van der Waals surface area contributed by atoms with Gasteiger partial charge in [-0.15, -0.1) is 0 Å². The van der Waals surface area contributed by atoms with Crippen LogP contribution in [0.25, 0.3) is 0 Å². The van der Waals surface area contributed by atoms with Crippen LogP contribution in [0.3, 0.4) is 0 Å². The minimum atomic E-state index is -0.878. The third kappa shape index (κ3) is 10.1. The third-order valence-electron chi connectivity index (χ3n) is 6.92. The minimum Gasteiger partial charge on any atom is -0.493 e. The van der Waals surface area contributed by atoms with E-state index in [2.05, 4.69) is 5.32 Å². The van der Waals surface area contributed by atoms with Crippen LogP contribution in [0.1, 0.15) is 68.1 Å². The summed E-state index contributed by atoms with van der Waals surface area (Å²) in [6.45, 7) is 0.954. The van der Waals surface area contributed by atoms with Gasteiger partial charge in [0.2, 0.25) is 0 Å². The molecule has 1 fully saturated rings. The second-order valence-corrected chi connectivity index (χ2v) is 9.75. The van der Waals surface area contributed by atoms with E-state index in [0.29, 0.717) is 13.0 Å². The van der Waals surface area contributed by atoms with Gasteiger partial charge in [0.1, 0.15) is 18.4 Å².